The van der Waals surface area contributed by atoms with Crippen molar-refractivity contribution in [1.29, 1.82) is 0 Å². The number of nitrogens with zero attached hydrogens (tertiary/aromatic N) is 2. The lowest BCUT2D eigenvalue weighted by molar-refractivity contribution is -0.111. The third-order valence-corrected chi connectivity index (χ3v) is 4.73. The molecule has 3 rings (SSSR count). The van der Waals surface area contributed by atoms with Crippen LogP contribution in [0.2, 0.25) is 0 Å². The molecule has 3 nitrogen and oxygen atoms in total. The SMILES string of the molecule is C/C=C(/C(C)=O)c1ccccc1/C=C/c1cnn(-c2ccc(C)c(C)c2)c1. The second kappa shape index (κ2) is 8.00. The van der Waals surface area contributed by atoms with Crippen LogP contribution >= 0.6 is 0 Å². The topological polar surface area (TPSA) is 34.9 Å². The smallest absolute Gasteiger partial charge is 0.160 e. The van der Waals surface area contributed by atoms with E-state index in [1.165, 1.54) is 11.1 Å². The number of hydrogen-bond donors (Lipinski definition) is 0. The maximum atomic E-state index is 11.9. The van der Waals surface area contributed by atoms with Crippen LogP contribution in [-0.2, 0) is 4.79 Å². The molecule has 1 aromatic heterocycles. The Bertz CT molecular complexity index is 1040. The highest BCUT2D eigenvalue weighted by atomic mass is 16.1. The molecule has 0 spiro atoms. The Balaban J connectivity index is 1.89. The highest BCUT2D eigenvalue weighted by Crippen LogP contribution is 2.22. The first kappa shape index (κ1) is 18.6. The van der Waals surface area contributed by atoms with Crippen molar-refractivity contribution < 1.29 is 4.79 Å². The number of rotatable bonds is 5. The highest BCUT2D eigenvalue weighted by Gasteiger charge is 2.09. The molecule has 0 fully saturated rings. The summed E-state index contributed by atoms with van der Waals surface area (Å²) in [6.45, 7) is 7.70. The van der Waals surface area contributed by atoms with E-state index in [0.717, 1.165) is 28.0 Å². The van der Waals surface area contributed by atoms with Gasteiger partial charge in [-0.3, -0.25) is 4.79 Å². The van der Waals surface area contributed by atoms with Crippen LogP contribution in [0.15, 0.2) is 60.9 Å². The molecule has 3 heteroatoms. The van der Waals surface area contributed by atoms with Crippen LogP contribution < -0.4 is 0 Å². The number of Topliss-reactive ketones (excluding diaryl/α,β-unsaturated/α-hetero) is 1. The number of ketones is 1. The second-order valence-corrected chi connectivity index (χ2v) is 6.67. The number of allylic oxidation sites excluding steroid dienone is 2. The fourth-order valence-corrected chi connectivity index (χ4v) is 3.05. The summed E-state index contributed by atoms with van der Waals surface area (Å²) >= 11 is 0. The van der Waals surface area contributed by atoms with Crippen LogP contribution in [0.5, 0.6) is 0 Å². The quantitative estimate of drug-likeness (QED) is 0.554. The summed E-state index contributed by atoms with van der Waals surface area (Å²) in [4.78, 5) is 11.9. The van der Waals surface area contributed by atoms with E-state index in [9.17, 15) is 4.79 Å². The van der Waals surface area contributed by atoms with Crippen LogP contribution in [-0.4, -0.2) is 15.6 Å². The van der Waals surface area contributed by atoms with Gasteiger partial charge in [-0.15, -0.1) is 0 Å². The van der Waals surface area contributed by atoms with Crippen LogP contribution in [0.4, 0.5) is 0 Å². The van der Waals surface area contributed by atoms with Crippen molar-refractivity contribution in [1.82, 2.24) is 9.78 Å². The first-order valence-corrected chi connectivity index (χ1v) is 9.06. The van der Waals surface area contributed by atoms with Crippen LogP contribution in [0.1, 0.15) is 41.7 Å². The summed E-state index contributed by atoms with van der Waals surface area (Å²) in [7, 11) is 0. The van der Waals surface area contributed by atoms with Gasteiger partial charge in [-0.1, -0.05) is 48.6 Å². The van der Waals surface area contributed by atoms with E-state index in [1.54, 1.807) is 6.92 Å². The number of benzene rings is 2. The maximum absolute atomic E-state index is 11.9. The van der Waals surface area contributed by atoms with Gasteiger partial charge >= 0.3 is 0 Å². The van der Waals surface area contributed by atoms with Gasteiger partial charge in [0.05, 0.1) is 11.9 Å². The van der Waals surface area contributed by atoms with Crippen molar-refractivity contribution in [3.05, 3.63) is 88.8 Å². The lowest BCUT2D eigenvalue weighted by atomic mass is 9.96. The minimum Gasteiger partial charge on any atom is -0.295 e. The van der Waals surface area contributed by atoms with E-state index in [4.69, 9.17) is 0 Å². The highest BCUT2D eigenvalue weighted by molar-refractivity contribution is 6.20. The molecule has 1 heterocycles. The van der Waals surface area contributed by atoms with Gasteiger partial charge in [-0.05, 0) is 62.1 Å². The van der Waals surface area contributed by atoms with Gasteiger partial charge in [-0.2, -0.15) is 5.10 Å². The van der Waals surface area contributed by atoms with Gasteiger partial charge in [-0.25, -0.2) is 4.68 Å². The molecule has 0 N–H and O–H groups in total. The van der Waals surface area contributed by atoms with Gasteiger partial charge in [0.1, 0.15) is 0 Å². The summed E-state index contributed by atoms with van der Waals surface area (Å²) in [5.74, 6) is 0.0703. The Morgan fingerprint density at radius 2 is 1.81 bits per heavy atom. The zero-order valence-electron chi connectivity index (χ0n) is 16.2. The molecular weight excluding hydrogens is 332 g/mol. The zero-order chi connectivity index (χ0) is 19.4. The first-order chi connectivity index (χ1) is 13.0. The molecule has 3 aromatic rings. The van der Waals surface area contributed by atoms with Gasteiger partial charge < -0.3 is 0 Å². The average Bonchev–Trinajstić information content (AvgIpc) is 3.12. The first-order valence-electron chi connectivity index (χ1n) is 9.06. The summed E-state index contributed by atoms with van der Waals surface area (Å²) in [5, 5.41) is 4.47. The van der Waals surface area contributed by atoms with E-state index in [0.29, 0.717) is 0 Å². The normalized spacial score (nSPS) is 11.9. The second-order valence-electron chi connectivity index (χ2n) is 6.67. The molecule has 0 radical (unpaired) electrons. The number of carbonyl (C=O) groups is 1. The molecule has 136 valence electrons. The predicted octanol–water partition coefficient (Wildman–Crippen LogP) is 5.65. The molecule has 0 bridgehead atoms. The molecule has 0 amide bonds. The van der Waals surface area contributed by atoms with E-state index in [2.05, 4.69) is 37.1 Å². The molecule has 0 saturated carbocycles. The fraction of sp³-hybridized carbons (Fsp3) is 0.167. The van der Waals surface area contributed by atoms with Crippen LogP contribution in [0.25, 0.3) is 23.4 Å². The Labute approximate surface area is 160 Å². The minimum absolute atomic E-state index is 0.0703. The molecule has 0 aliphatic rings. The minimum atomic E-state index is 0.0703. The van der Waals surface area contributed by atoms with Gasteiger partial charge in [0.15, 0.2) is 5.78 Å². The third kappa shape index (κ3) is 4.14. The van der Waals surface area contributed by atoms with Gasteiger partial charge in [0.2, 0.25) is 0 Å². The molecule has 0 saturated heterocycles. The van der Waals surface area contributed by atoms with Crippen molar-refractivity contribution in [2.24, 2.45) is 0 Å². The van der Waals surface area contributed by atoms with Crippen LogP contribution in [0.3, 0.4) is 0 Å². The Kier molecular flexibility index (Phi) is 5.51. The van der Waals surface area contributed by atoms with E-state index in [-0.39, 0.29) is 5.78 Å². The predicted molar refractivity (Wildman–Crippen MR) is 113 cm³/mol. The van der Waals surface area contributed by atoms with Gasteiger partial charge in [0, 0.05) is 17.3 Å². The molecule has 0 atom stereocenters. The molecule has 0 unspecified atom stereocenters. The number of aromatic nitrogens is 2. The van der Waals surface area contributed by atoms with Crippen molar-refractivity contribution >= 4 is 23.5 Å². The monoisotopic (exact) mass is 356 g/mol. The number of hydrogen-bond acceptors (Lipinski definition) is 2. The van der Waals surface area contributed by atoms with Crippen molar-refractivity contribution in [3.63, 3.8) is 0 Å². The van der Waals surface area contributed by atoms with Gasteiger partial charge in [0.25, 0.3) is 0 Å². The lowest BCUT2D eigenvalue weighted by Crippen LogP contribution is -1.97. The average molecular weight is 356 g/mol. The largest absolute Gasteiger partial charge is 0.295 e. The molecular formula is C24H24N2O. The summed E-state index contributed by atoms with van der Waals surface area (Å²) < 4.78 is 1.88. The van der Waals surface area contributed by atoms with E-state index in [1.807, 2.05) is 66.5 Å². The molecule has 0 aliphatic heterocycles. The zero-order valence-corrected chi connectivity index (χ0v) is 16.2. The van der Waals surface area contributed by atoms with Crippen molar-refractivity contribution in [2.75, 3.05) is 0 Å². The molecule has 27 heavy (non-hydrogen) atoms. The Hall–Kier alpha value is -3.20. The standard InChI is InChI=1S/C24H24N2O/c1-5-23(19(4)27)24-9-7-6-8-21(24)12-11-20-15-25-26(16-20)22-13-10-17(2)18(3)14-22/h5-16H,1-4H3/b12-11+,23-5-. The number of carbonyl (C=O) groups excluding carboxylic acids is 1. The lowest BCUT2D eigenvalue weighted by Gasteiger charge is -2.07. The summed E-state index contributed by atoms with van der Waals surface area (Å²) in [6, 6.07) is 14.3. The summed E-state index contributed by atoms with van der Waals surface area (Å²) in [6.07, 6.45) is 9.77. The third-order valence-electron chi connectivity index (χ3n) is 4.73. The van der Waals surface area contributed by atoms with E-state index >= 15 is 0 Å². The Morgan fingerprint density at radius 3 is 2.52 bits per heavy atom. The molecule has 0 aliphatic carbocycles. The van der Waals surface area contributed by atoms with E-state index < -0.39 is 0 Å². The van der Waals surface area contributed by atoms with Crippen molar-refractivity contribution in [3.8, 4) is 5.69 Å². The fourth-order valence-electron chi connectivity index (χ4n) is 3.05. The molecule has 2 aromatic carbocycles. The maximum Gasteiger partial charge on any atom is 0.160 e. The van der Waals surface area contributed by atoms with Crippen molar-refractivity contribution in [2.45, 2.75) is 27.7 Å². The summed E-state index contributed by atoms with van der Waals surface area (Å²) in [5.41, 5.74) is 7.27. The number of aryl methyl sites for hydroxylation is 2. The van der Waals surface area contributed by atoms with Crippen LogP contribution in [0, 0.1) is 13.8 Å². The Morgan fingerprint density at radius 1 is 1.04 bits per heavy atom.